The van der Waals surface area contributed by atoms with Gasteiger partial charge in [0.25, 0.3) is 5.91 Å². The average molecular weight is 512 g/mol. The molecule has 0 spiro atoms. The van der Waals surface area contributed by atoms with Crippen molar-refractivity contribution in [1.82, 2.24) is 5.43 Å². The Kier molecular flexibility index (Phi) is 7.44. The molecule has 0 aliphatic carbocycles. The van der Waals surface area contributed by atoms with E-state index in [9.17, 15) is 14.4 Å². The van der Waals surface area contributed by atoms with E-state index in [0.29, 0.717) is 16.8 Å². The largest absolute Gasteiger partial charge is 0.457 e. The third kappa shape index (κ3) is 6.63. The van der Waals surface area contributed by atoms with Crippen molar-refractivity contribution in [1.29, 1.82) is 0 Å². The van der Waals surface area contributed by atoms with Crippen LogP contribution in [0.1, 0.15) is 47.2 Å². The smallest absolute Gasteiger partial charge is 0.379 e. The lowest BCUT2D eigenvalue weighted by atomic mass is 9.95. The molecule has 3 aromatic rings. The van der Waals surface area contributed by atoms with Crippen LogP contribution in [-0.4, -0.2) is 24.0 Å². The van der Waals surface area contributed by atoms with Crippen molar-refractivity contribution >= 4 is 45.6 Å². The highest BCUT2D eigenvalue weighted by Crippen LogP contribution is 2.23. The summed E-state index contributed by atoms with van der Waals surface area (Å²) >= 11 is 3.36. The highest BCUT2D eigenvalue weighted by molar-refractivity contribution is 9.10. The van der Waals surface area contributed by atoms with E-state index in [2.05, 4.69) is 31.8 Å². The maximum Gasteiger partial charge on any atom is 0.379 e. The number of nitrogens with one attached hydrogen (secondary N) is 2. The zero-order valence-corrected chi connectivity index (χ0v) is 19.8. The number of hydrazone groups is 1. The standard InChI is InChI=1S/C24H22BrN3O5/c1-24(2,3)23(31)27-18-9-6-15(7-10-18)21(29)28-26-14-16-13-17(25)8-11-19(16)33-22(30)20-5-4-12-32-20/h4-14H,1-3H3,(H,27,31)(H,28,29)/b26-14-. The van der Waals surface area contributed by atoms with Gasteiger partial charge in [-0.25, -0.2) is 10.2 Å². The molecule has 1 aromatic heterocycles. The molecular formula is C24H22BrN3O5. The number of esters is 1. The van der Waals surface area contributed by atoms with Crippen LogP contribution in [0.4, 0.5) is 5.69 Å². The number of nitrogens with zero attached hydrogens (tertiary/aromatic N) is 1. The summed E-state index contributed by atoms with van der Waals surface area (Å²) < 4.78 is 11.1. The number of ether oxygens (including phenoxy) is 1. The van der Waals surface area contributed by atoms with Crippen molar-refractivity contribution in [3.63, 3.8) is 0 Å². The van der Waals surface area contributed by atoms with Gasteiger partial charge < -0.3 is 14.5 Å². The molecule has 1 heterocycles. The summed E-state index contributed by atoms with van der Waals surface area (Å²) in [4.78, 5) is 36.6. The second-order valence-electron chi connectivity index (χ2n) is 8.03. The topological polar surface area (TPSA) is 110 Å². The minimum absolute atomic E-state index is 0.0660. The first kappa shape index (κ1) is 23.9. The molecule has 2 N–H and O–H groups in total. The van der Waals surface area contributed by atoms with Crippen LogP contribution in [0.2, 0.25) is 0 Å². The first-order chi connectivity index (χ1) is 15.6. The molecule has 0 atom stereocenters. The van der Waals surface area contributed by atoms with Gasteiger partial charge in [-0.05, 0) is 54.6 Å². The summed E-state index contributed by atoms with van der Waals surface area (Å²) in [6.45, 7) is 5.45. The predicted octanol–water partition coefficient (Wildman–Crippen LogP) is 5.01. The van der Waals surface area contributed by atoms with Gasteiger partial charge in [0.1, 0.15) is 5.75 Å². The summed E-state index contributed by atoms with van der Waals surface area (Å²) in [6.07, 6.45) is 2.74. The molecule has 33 heavy (non-hydrogen) atoms. The molecule has 9 heteroatoms. The normalized spacial score (nSPS) is 11.3. The van der Waals surface area contributed by atoms with Crippen LogP contribution in [0, 0.1) is 5.41 Å². The van der Waals surface area contributed by atoms with Gasteiger partial charge in [0, 0.05) is 26.7 Å². The van der Waals surface area contributed by atoms with Crippen molar-refractivity contribution in [3.05, 3.63) is 82.2 Å². The lowest BCUT2D eigenvalue weighted by Crippen LogP contribution is -2.27. The zero-order valence-electron chi connectivity index (χ0n) is 18.2. The van der Waals surface area contributed by atoms with Crippen molar-refractivity contribution in [3.8, 4) is 5.75 Å². The van der Waals surface area contributed by atoms with Gasteiger partial charge in [-0.1, -0.05) is 36.7 Å². The van der Waals surface area contributed by atoms with Crippen LogP contribution < -0.4 is 15.5 Å². The summed E-state index contributed by atoms with van der Waals surface area (Å²) in [5, 5.41) is 6.76. The van der Waals surface area contributed by atoms with Crippen LogP contribution in [0.5, 0.6) is 5.75 Å². The second kappa shape index (κ2) is 10.3. The molecule has 0 radical (unpaired) electrons. The summed E-state index contributed by atoms with van der Waals surface area (Å²) in [7, 11) is 0. The number of carbonyl (C=O) groups is 3. The fourth-order valence-electron chi connectivity index (χ4n) is 2.51. The first-order valence-corrected chi connectivity index (χ1v) is 10.7. The Morgan fingerprint density at radius 1 is 1.06 bits per heavy atom. The molecule has 170 valence electrons. The molecule has 0 saturated carbocycles. The molecule has 0 aliphatic rings. The Labute approximate surface area is 199 Å². The van der Waals surface area contributed by atoms with E-state index in [1.807, 2.05) is 20.8 Å². The van der Waals surface area contributed by atoms with E-state index in [-0.39, 0.29) is 17.4 Å². The monoisotopic (exact) mass is 511 g/mol. The molecule has 3 rings (SSSR count). The van der Waals surface area contributed by atoms with Gasteiger partial charge in [-0.15, -0.1) is 0 Å². The Balaban J connectivity index is 1.65. The number of hydrogen-bond acceptors (Lipinski definition) is 6. The number of halogens is 1. The van der Waals surface area contributed by atoms with Gasteiger partial charge in [0.2, 0.25) is 11.7 Å². The van der Waals surface area contributed by atoms with Crippen LogP contribution >= 0.6 is 15.9 Å². The highest BCUT2D eigenvalue weighted by atomic mass is 79.9. The average Bonchev–Trinajstić information content (AvgIpc) is 3.30. The predicted molar refractivity (Wildman–Crippen MR) is 127 cm³/mol. The van der Waals surface area contributed by atoms with E-state index in [4.69, 9.17) is 9.15 Å². The molecule has 2 aromatic carbocycles. The number of furan rings is 1. The molecule has 0 saturated heterocycles. The fourth-order valence-corrected chi connectivity index (χ4v) is 2.89. The van der Waals surface area contributed by atoms with Crippen LogP contribution in [0.15, 0.2) is 74.9 Å². The first-order valence-electron chi connectivity index (χ1n) is 9.93. The molecule has 0 bridgehead atoms. The van der Waals surface area contributed by atoms with Crippen LogP contribution in [-0.2, 0) is 4.79 Å². The number of rotatable bonds is 6. The Morgan fingerprint density at radius 3 is 2.42 bits per heavy atom. The number of anilines is 1. The maximum absolute atomic E-state index is 12.4. The summed E-state index contributed by atoms with van der Waals surface area (Å²) in [5.74, 6) is -0.904. The van der Waals surface area contributed by atoms with E-state index >= 15 is 0 Å². The van der Waals surface area contributed by atoms with E-state index in [1.165, 1.54) is 18.5 Å². The van der Waals surface area contributed by atoms with Gasteiger partial charge in [0.15, 0.2) is 0 Å². The van der Waals surface area contributed by atoms with Gasteiger partial charge in [-0.2, -0.15) is 5.10 Å². The van der Waals surface area contributed by atoms with Crippen molar-refractivity contribution in [2.45, 2.75) is 20.8 Å². The minimum Gasteiger partial charge on any atom is -0.457 e. The molecular weight excluding hydrogens is 490 g/mol. The third-order valence-corrected chi connectivity index (χ3v) is 4.85. The van der Waals surface area contributed by atoms with E-state index in [0.717, 1.165) is 4.47 Å². The number of benzene rings is 2. The van der Waals surface area contributed by atoms with Crippen molar-refractivity contribution in [2.75, 3.05) is 5.32 Å². The number of carbonyl (C=O) groups excluding carboxylic acids is 3. The van der Waals surface area contributed by atoms with Crippen molar-refractivity contribution in [2.24, 2.45) is 10.5 Å². The molecule has 0 aliphatic heterocycles. The lowest BCUT2D eigenvalue weighted by molar-refractivity contribution is -0.123. The van der Waals surface area contributed by atoms with Gasteiger partial charge in [0.05, 0.1) is 12.5 Å². The van der Waals surface area contributed by atoms with Gasteiger partial charge in [-0.3, -0.25) is 9.59 Å². The quantitative estimate of drug-likeness (QED) is 0.209. The number of amides is 2. The Morgan fingerprint density at radius 2 is 1.79 bits per heavy atom. The molecule has 8 nitrogen and oxygen atoms in total. The number of hydrogen-bond donors (Lipinski definition) is 2. The van der Waals surface area contributed by atoms with Gasteiger partial charge >= 0.3 is 5.97 Å². The molecule has 2 amide bonds. The second-order valence-corrected chi connectivity index (χ2v) is 8.95. The van der Waals surface area contributed by atoms with E-state index in [1.54, 1.807) is 48.5 Å². The minimum atomic E-state index is -0.653. The zero-order chi connectivity index (χ0) is 24.0. The van der Waals surface area contributed by atoms with E-state index < -0.39 is 17.3 Å². The summed E-state index contributed by atoms with van der Waals surface area (Å²) in [6, 6.07) is 14.5. The third-order valence-electron chi connectivity index (χ3n) is 4.35. The SMILES string of the molecule is CC(C)(C)C(=O)Nc1ccc(C(=O)N/N=C\c2cc(Br)ccc2OC(=O)c2ccco2)cc1. The highest BCUT2D eigenvalue weighted by Gasteiger charge is 2.21. The Hall–Kier alpha value is -3.72. The van der Waals surface area contributed by atoms with Crippen LogP contribution in [0.3, 0.4) is 0 Å². The Bertz CT molecular complexity index is 1180. The summed E-state index contributed by atoms with van der Waals surface area (Å²) in [5.41, 5.74) is 3.32. The van der Waals surface area contributed by atoms with Crippen LogP contribution in [0.25, 0.3) is 0 Å². The lowest BCUT2D eigenvalue weighted by Gasteiger charge is -2.17. The molecule has 0 fully saturated rings. The fraction of sp³-hybridized carbons (Fsp3) is 0.167. The maximum atomic E-state index is 12.4. The molecule has 0 unspecified atom stereocenters. The van der Waals surface area contributed by atoms with Crippen molar-refractivity contribution < 1.29 is 23.5 Å².